The molecule has 2 rings (SSSR count). The van der Waals surface area contributed by atoms with E-state index >= 15 is 0 Å². The second-order valence-corrected chi connectivity index (χ2v) is 8.36. The number of likely N-dealkylation sites (N-methyl/N-ethyl adjacent to an activating group) is 1. The van der Waals surface area contributed by atoms with E-state index in [2.05, 4.69) is 29.4 Å². The van der Waals surface area contributed by atoms with Gasteiger partial charge in [0.1, 0.15) is 12.6 Å². The molecule has 0 saturated heterocycles. The molecule has 8 heteroatoms. The molecule has 0 aliphatic heterocycles. The third kappa shape index (κ3) is 9.33. The summed E-state index contributed by atoms with van der Waals surface area (Å²) in [7, 11) is 1.93. The summed E-state index contributed by atoms with van der Waals surface area (Å²) in [4.78, 5) is 38.2. The van der Waals surface area contributed by atoms with E-state index < -0.39 is 30.4 Å². The van der Waals surface area contributed by atoms with E-state index in [0.717, 1.165) is 24.9 Å². The Bertz CT molecular complexity index is 1050. The highest BCUT2D eigenvalue weighted by molar-refractivity contribution is 5.98. The summed E-state index contributed by atoms with van der Waals surface area (Å²) < 4.78 is 0. The summed E-state index contributed by atoms with van der Waals surface area (Å²) in [6.45, 7) is 3.94. The molecule has 2 atom stereocenters. The molecular formula is C27H33N3O5. The van der Waals surface area contributed by atoms with Crippen LogP contribution in [0.25, 0.3) is 0 Å². The molecule has 0 aliphatic carbocycles. The molecule has 2 amide bonds. The number of aliphatic hydroxyl groups is 2. The number of carbonyl (C=O) groups excluding carboxylic acids is 3. The van der Waals surface area contributed by atoms with E-state index in [4.69, 9.17) is 5.11 Å². The maximum Gasteiger partial charge on any atom is 0.251 e. The molecule has 0 heterocycles. The molecule has 186 valence electrons. The third-order valence-electron chi connectivity index (χ3n) is 5.25. The van der Waals surface area contributed by atoms with Crippen molar-refractivity contribution in [2.45, 2.75) is 38.8 Å². The minimum Gasteiger partial charge on any atom is -0.391 e. The van der Waals surface area contributed by atoms with Crippen molar-refractivity contribution in [2.75, 3.05) is 32.1 Å². The summed E-state index contributed by atoms with van der Waals surface area (Å²) in [6, 6.07) is 12.5. The van der Waals surface area contributed by atoms with Gasteiger partial charge in [-0.3, -0.25) is 19.3 Å². The molecule has 0 unspecified atom stereocenters. The SMILES string of the molecule is CCCCN(C)CC(=O)Nc1ccc(C#Cc2ccc(C(=O)N[C@H](C(=O)CO)[C@@H](C)O)cc2)cc1. The number of ketones is 1. The van der Waals surface area contributed by atoms with Crippen LogP contribution in [0.4, 0.5) is 5.69 Å². The largest absolute Gasteiger partial charge is 0.391 e. The van der Waals surface area contributed by atoms with E-state index in [1.807, 2.05) is 24.1 Å². The van der Waals surface area contributed by atoms with Gasteiger partial charge in [-0.15, -0.1) is 0 Å². The molecule has 2 aromatic rings. The molecule has 0 saturated carbocycles. The van der Waals surface area contributed by atoms with Gasteiger partial charge in [0.05, 0.1) is 12.6 Å². The van der Waals surface area contributed by atoms with Crippen LogP contribution in [0.2, 0.25) is 0 Å². The molecule has 35 heavy (non-hydrogen) atoms. The zero-order chi connectivity index (χ0) is 25.8. The van der Waals surface area contributed by atoms with Gasteiger partial charge in [-0.1, -0.05) is 25.2 Å². The minimum absolute atomic E-state index is 0.0629. The van der Waals surface area contributed by atoms with Gasteiger partial charge in [0.25, 0.3) is 5.91 Å². The second kappa shape index (κ2) is 14.0. The molecule has 0 fully saturated rings. The Hall–Kier alpha value is -3.51. The normalized spacial score (nSPS) is 12.3. The highest BCUT2D eigenvalue weighted by atomic mass is 16.3. The van der Waals surface area contributed by atoms with Gasteiger partial charge in [-0.2, -0.15) is 0 Å². The van der Waals surface area contributed by atoms with Crippen LogP contribution in [0.15, 0.2) is 48.5 Å². The van der Waals surface area contributed by atoms with Gasteiger partial charge in [-0.05, 0) is 75.5 Å². The molecule has 0 aromatic heterocycles. The second-order valence-electron chi connectivity index (χ2n) is 8.36. The Kier molecular flexibility index (Phi) is 11.1. The molecule has 2 aromatic carbocycles. The quantitative estimate of drug-likeness (QED) is 0.365. The van der Waals surface area contributed by atoms with Gasteiger partial charge >= 0.3 is 0 Å². The van der Waals surface area contributed by atoms with Crippen molar-refractivity contribution >= 4 is 23.3 Å². The molecular weight excluding hydrogens is 446 g/mol. The van der Waals surface area contributed by atoms with E-state index in [-0.39, 0.29) is 5.91 Å². The Labute approximate surface area is 206 Å². The average Bonchev–Trinajstić information content (AvgIpc) is 2.85. The highest BCUT2D eigenvalue weighted by Crippen LogP contribution is 2.10. The summed E-state index contributed by atoms with van der Waals surface area (Å²) in [5, 5.41) is 24.0. The van der Waals surface area contributed by atoms with Gasteiger partial charge in [0.15, 0.2) is 5.78 Å². The number of nitrogens with one attached hydrogen (secondary N) is 2. The monoisotopic (exact) mass is 479 g/mol. The van der Waals surface area contributed by atoms with Crippen LogP contribution in [-0.4, -0.2) is 71.6 Å². The topological polar surface area (TPSA) is 119 Å². The van der Waals surface area contributed by atoms with Crippen LogP contribution >= 0.6 is 0 Å². The lowest BCUT2D eigenvalue weighted by atomic mass is 10.1. The number of hydrogen-bond acceptors (Lipinski definition) is 6. The van der Waals surface area contributed by atoms with Crippen molar-refractivity contribution in [1.82, 2.24) is 10.2 Å². The van der Waals surface area contributed by atoms with Crippen molar-refractivity contribution in [3.05, 3.63) is 65.2 Å². The highest BCUT2D eigenvalue weighted by Gasteiger charge is 2.25. The number of unbranched alkanes of at least 4 members (excludes halogenated alkanes) is 1. The molecule has 0 aliphatic rings. The number of carbonyl (C=O) groups is 3. The van der Waals surface area contributed by atoms with Gasteiger partial charge < -0.3 is 20.8 Å². The maximum atomic E-state index is 12.4. The van der Waals surface area contributed by atoms with Gasteiger partial charge in [0, 0.05) is 22.4 Å². The number of benzene rings is 2. The van der Waals surface area contributed by atoms with Crippen molar-refractivity contribution in [1.29, 1.82) is 0 Å². The summed E-state index contributed by atoms with van der Waals surface area (Å²) >= 11 is 0. The van der Waals surface area contributed by atoms with Crippen LogP contribution in [0, 0.1) is 11.8 Å². The first kappa shape index (κ1) is 27.7. The first-order valence-electron chi connectivity index (χ1n) is 11.6. The number of rotatable bonds is 11. The Morgan fingerprint density at radius 3 is 2.09 bits per heavy atom. The van der Waals surface area contributed by atoms with Crippen LogP contribution in [0.5, 0.6) is 0 Å². The lowest BCUT2D eigenvalue weighted by Crippen LogP contribution is -2.48. The van der Waals surface area contributed by atoms with E-state index in [9.17, 15) is 19.5 Å². The zero-order valence-corrected chi connectivity index (χ0v) is 20.4. The average molecular weight is 480 g/mol. The number of anilines is 1. The van der Waals surface area contributed by atoms with Crippen LogP contribution in [0.1, 0.15) is 48.2 Å². The van der Waals surface area contributed by atoms with E-state index in [1.165, 1.54) is 6.92 Å². The lowest BCUT2D eigenvalue weighted by molar-refractivity contribution is -0.126. The molecule has 4 N–H and O–H groups in total. The third-order valence-corrected chi connectivity index (χ3v) is 5.25. The lowest BCUT2D eigenvalue weighted by Gasteiger charge is -2.19. The Morgan fingerprint density at radius 1 is 1.00 bits per heavy atom. The number of aliphatic hydroxyl groups excluding tert-OH is 2. The summed E-state index contributed by atoms with van der Waals surface area (Å²) in [6.07, 6.45) is 1.02. The molecule has 8 nitrogen and oxygen atoms in total. The molecule has 0 bridgehead atoms. The molecule has 0 spiro atoms. The van der Waals surface area contributed by atoms with E-state index in [1.54, 1.807) is 36.4 Å². The zero-order valence-electron chi connectivity index (χ0n) is 20.4. The number of nitrogens with zero attached hydrogens (tertiary/aromatic N) is 1. The van der Waals surface area contributed by atoms with Crippen LogP contribution in [0.3, 0.4) is 0 Å². The van der Waals surface area contributed by atoms with Crippen LogP contribution in [-0.2, 0) is 9.59 Å². The van der Waals surface area contributed by atoms with Crippen molar-refractivity contribution in [2.24, 2.45) is 0 Å². The fraction of sp³-hybridized carbons (Fsp3) is 0.370. The fourth-order valence-corrected chi connectivity index (χ4v) is 3.23. The van der Waals surface area contributed by atoms with Crippen molar-refractivity contribution < 1.29 is 24.6 Å². The first-order chi connectivity index (χ1) is 16.7. The van der Waals surface area contributed by atoms with Crippen molar-refractivity contribution in [3.63, 3.8) is 0 Å². The number of hydrogen-bond donors (Lipinski definition) is 4. The maximum absolute atomic E-state index is 12.4. The number of Topliss-reactive ketones (excluding diaryl/α,β-unsaturated/α-hetero) is 1. The predicted molar refractivity (Wildman–Crippen MR) is 135 cm³/mol. The fourth-order valence-electron chi connectivity index (χ4n) is 3.23. The van der Waals surface area contributed by atoms with E-state index in [0.29, 0.717) is 23.4 Å². The van der Waals surface area contributed by atoms with Gasteiger partial charge in [-0.25, -0.2) is 0 Å². The molecule has 0 radical (unpaired) electrons. The standard InChI is InChI=1S/C27H33N3O5/c1-4-5-16-30(3)17-25(34)28-23-14-10-21(11-15-23)7-6-20-8-12-22(13-9-20)27(35)29-26(19(2)32)24(33)18-31/h8-15,19,26,31-32H,4-5,16-18H2,1-3H3,(H,28,34)(H,29,35)/t19-,26+/m1/s1. The minimum atomic E-state index is -1.18. The van der Waals surface area contributed by atoms with Gasteiger partial charge in [0.2, 0.25) is 5.91 Å². The Balaban J connectivity index is 1.94. The first-order valence-corrected chi connectivity index (χ1v) is 11.6. The summed E-state index contributed by atoms with van der Waals surface area (Å²) in [5.41, 5.74) is 2.46. The van der Waals surface area contributed by atoms with Crippen LogP contribution < -0.4 is 10.6 Å². The predicted octanol–water partition coefficient (Wildman–Crippen LogP) is 1.80. The smallest absolute Gasteiger partial charge is 0.251 e. The van der Waals surface area contributed by atoms with Crippen molar-refractivity contribution in [3.8, 4) is 11.8 Å². The number of amides is 2. The Morgan fingerprint density at radius 2 is 1.57 bits per heavy atom. The summed E-state index contributed by atoms with van der Waals surface area (Å²) in [5.74, 6) is 4.79.